The Labute approximate surface area is 75.7 Å². The van der Waals surface area contributed by atoms with Crippen molar-refractivity contribution in [1.29, 1.82) is 0 Å². The van der Waals surface area contributed by atoms with Crippen LogP contribution in [0.3, 0.4) is 0 Å². The third-order valence-corrected chi connectivity index (χ3v) is 2.17. The summed E-state index contributed by atoms with van der Waals surface area (Å²) in [4.78, 5) is 21.9. The van der Waals surface area contributed by atoms with Crippen LogP contribution in [0.5, 0.6) is 0 Å². The van der Waals surface area contributed by atoms with Crippen molar-refractivity contribution in [2.45, 2.75) is 12.0 Å². The molecule has 6 heteroatoms. The quantitative estimate of drug-likeness (QED) is 0.430. The second-order valence-corrected chi connectivity index (χ2v) is 2.92. The van der Waals surface area contributed by atoms with E-state index in [4.69, 9.17) is 0 Å². The number of imide groups is 1. The number of carbonyl (C=O) groups excluding carboxylic acids is 2. The second-order valence-electron chi connectivity index (χ2n) is 2.92. The summed E-state index contributed by atoms with van der Waals surface area (Å²) in [5.74, 6) is -0.201. The molecule has 2 rings (SSSR count). The maximum Gasteiger partial charge on any atom is 0.322 e. The van der Waals surface area contributed by atoms with E-state index in [9.17, 15) is 9.59 Å². The topological polar surface area (TPSA) is 70.2 Å². The monoisotopic (exact) mass is 191 g/mol. The van der Waals surface area contributed by atoms with E-state index >= 15 is 0 Å². The largest absolute Gasteiger partial charge is 0.322 e. The Kier molecular flexibility index (Phi) is 2.25. The van der Waals surface area contributed by atoms with Gasteiger partial charge in [0.15, 0.2) is 0 Å². The molecule has 0 aliphatic carbocycles. The molecule has 0 radical (unpaired) electrons. The molecule has 12 heavy (non-hydrogen) atoms. The molecular weight excluding hydrogens is 182 g/mol. The van der Waals surface area contributed by atoms with Crippen LogP contribution in [0.25, 0.3) is 0 Å². The number of amides is 3. The highest BCUT2D eigenvalue weighted by Crippen LogP contribution is 2.17. The zero-order chi connectivity index (χ0) is 7.90. The average Bonchev–Trinajstić information content (AvgIpc) is 2.45. The number of rotatable bonds is 0. The van der Waals surface area contributed by atoms with Crippen LogP contribution in [-0.4, -0.2) is 30.6 Å². The first kappa shape index (κ1) is 9.28. The minimum atomic E-state index is -0.642. The van der Waals surface area contributed by atoms with Gasteiger partial charge in [0.2, 0.25) is 0 Å². The lowest BCUT2D eigenvalue weighted by atomic mass is 10.00. The highest BCUT2D eigenvalue weighted by Gasteiger charge is 2.47. The summed E-state index contributed by atoms with van der Waals surface area (Å²) < 4.78 is 0. The van der Waals surface area contributed by atoms with Gasteiger partial charge in [-0.3, -0.25) is 10.1 Å². The summed E-state index contributed by atoms with van der Waals surface area (Å²) in [6.45, 7) is 1.33. The van der Waals surface area contributed by atoms with Crippen LogP contribution < -0.4 is 16.0 Å². The molecule has 2 aliphatic heterocycles. The molecule has 0 bridgehead atoms. The lowest BCUT2D eigenvalue weighted by molar-refractivity contribution is -0.123. The van der Waals surface area contributed by atoms with E-state index < -0.39 is 5.54 Å². The molecule has 1 atom stereocenters. The first-order chi connectivity index (χ1) is 5.23. The number of carbonyl (C=O) groups is 2. The molecule has 2 aliphatic rings. The van der Waals surface area contributed by atoms with Gasteiger partial charge in [-0.25, -0.2) is 4.79 Å². The van der Waals surface area contributed by atoms with Crippen LogP contribution in [0.1, 0.15) is 6.42 Å². The number of urea groups is 1. The average molecular weight is 192 g/mol. The van der Waals surface area contributed by atoms with Gasteiger partial charge in [-0.15, -0.1) is 12.4 Å². The van der Waals surface area contributed by atoms with Crippen LogP contribution in [-0.2, 0) is 4.79 Å². The Morgan fingerprint density at radius 3 is 2.50 bits per heavy atom. The van der Waals surface area contributed by atoms with E-state index in [0.717, 1.165) is 6.54 Å². The molecule has 0 saturated carbocycles. The van der Waals surface area contributed by atoms with Gasteiger partial charge in [-0.1, -0.05) is 0 Å². The number of nitrogens with one attached hydrogen (secondary N) is 3. The van der Waals surface area contributed by atoms with Gasteiger partial charge in [0.1, 0.15) is 5.54 Å². The van der Waals surface area contributed by atoms with Crippen LogP contribution in [0.4, 0.5) is 4.79 Å². The van der Waals surface area contributed by atoms with Crippen molar-refractivity contribution in [3.8, 4) is 0 Å². The summed E-state index contributed by atoms with van der Waals surface area (Å²) in [6, 6.07) is -0.376. The second kappa shape index (κ2) is 2.91. The van der Waals surface area contributed by atoms with Crippen molar-refractivity contribution in [3.63, 3.8) is 0 Å². The van der Waals surface area contributed by atoms with Gasteiger partial charge in [-0.2, -0.15) is 0 Å². The van der Waals surface area contributed by atoms with Crippen LogP contribution >= 0.6 is 12.4 Å². The van der Waals surface area contributed by atoms with Crippen molar-refractivity contribution >= 4 is 24.3 Å². The Hall–Kier alpha value is -0.810. The molecule has 1 unspecified atom stereocenters. The van der Waals surface area contributed by atoms with Crippen molar-refractivity contribution in [2.75, 3.05) is 13.1 Å². The Morgan fingerprint density at radius 1 is 1.33 bits per heavy atom. The molecule has 1 spiro atoms. The molecule has 68 valence electrons. The molecule has 2 saturated heterocycles. The van der Waals surface area contributed by atoms with E-state index in [1.54, 1.807) is 0 Å². The van der Waals surface area contributed by atoms with Crippen molar-refractivity contribution in [3.05, 3.63) is 0 Å². The van der Waals surface area contributed by atoms with Crippen molar-refractivity contribution in [2.24, 2.45) is 0 Å². The third-order valence-electron chi connectivity index (χ3n) is 2.17. The lowest BCUT2D eigenvalue weighted by Crippen LogP contribution is -2.48. The smallest absolute Gasteiger partial charge is 0.322 e. The third kappa shape index (κ3) is 1.15. The maximum absolute atomic E-state index is 11.2. The fourth-order valence-electron chi connectivity index (χ4n) is 1.52. The molecule has 3 amide bonds. The Balaban J connectivity index is 0.000000720. The maximum atomic E-state index is 11.2. The molecule has 0 aromatic rings. The Bertz CT molecular complexity index is 225. The van der Waals surface area contributed by atoms with Crippen LogP contribution in [0.2, 0.25) is 0 Å². The lowest BCUT2D eigenvalue weighted by Gasteiger charge is -2.16. The SMILES string of the molecule is Cl.O=C1NC(=O)C2(CCNC2)N1. The normalized spacial score (nSPS) is 33.0. The number of hydrogen-bond acceptors (Lipinski definition) is 3. The first-order valence-corrected chi connectivity index (χ1v) is 3.57. The highest BCUT2D eigenvalue weighted by atomic mass is 35.5. The summed E-state index contributed by atoms with van der Waals surface area (Å²) >= 11 is 0. The minimum Gasteiger partial charge on any atom is -0.322 e. The zero-order valence-electron chi connectivity index (χ0n) is 6.35. The van der Waals surface area contributed by atoms with Crippen LogP contribution in [0, 0.1) is 0 Å². The van der Waals surface area contributed by atoms with E-state index in [0.29, 0.717) is 13.0 Å². The van der Waals surface area contributed by atoms with Gasteiger partial charge in [-0.05, 0) is 13.0 Å². The van der Waals surface area contributed by atoms with Gasteiger partial charge < -0.3 is 10.6 Å². The fourth-order valence-corrected chi connectivity index (χ4v) is 1.52. The molecule has 0 aromatic heterocycles. The molecule has 0 aromatic carbocycles. The van der Waals surface area contributed by atoms with Gasteiger partial charge in [0.25, 0.3) is 5.91 Å². The summed E-state index contributed by atoms with van der Waals surface area (Å²) in [5.41, 5.74) is -0.642. The summed E-state index contributed by atoms with van der Waals surface area (Å²) in [7, 11) is 0. The highest BCUT2D eigenvalue weighted by molar-refractivity contribution is 6.07. The molecule has 5 nitrogen and oxygen atoms in total. The Morgan fingerprint density at radius 2 is 2.08 bits per heavy atom. The molecule has 2 fully saturated rings. The molecule has 2 heterocycles. The fraction of sp³-hybridized carbons (Fsp3) is 0.667. The predicted molar refractivity (Wildman–Crippen MR) is 44.1 cm³/mol. The van der Waals surface area contributed by atoms with E-state index in [1.165, 1.54) is 0 Å². The van der Waals surface area contributed by atoms with Gasteiger partial charge in [0, 0.05) is 6.54 Å². The molecule has 3 N–H and O–H groups in total. The van der Waals surface area contributed by atoms with Gasteiger partial charge >= 0.3 is 6.03 Å². The van der Waals surface area contributed by atoms with Crippen molar-refractivity contribution in [1.82, 2.24) is 16.0 Å². The first-order valence-electron chi connectivity index (χ1n) is 3.57. The van der Waals surface area contributed by atoms with E-state index in [-0.39, 0.29) is 24.3 Å². The zero-order valence-corrected chi connectivity index (χ0v) is 7.16. The van der Waals surface area contributed by atoms with Crippen LogP contribution in [0.15, 0.2) is 0 Å². The standard InChI is InChI=1S/C6H9N3O2.ClH/c10-4-6(1-2-7-3-6)9-5(11)8-4;/h7H,1-3H2,(H2,8,9,10,11);1H. The van der Waals surface area contributed by atoms with E-state index in [1.807, 2.05) is 0 Å². The summed E-state index contributed by atoms with van der Waals surface area (Å²) in [5, 5.41) is 7.87. The predicted octanol–water partition coefficient (Wildman–Crippen LogP) is -1.02. The summed E-state index contributed by atoms with van der Waals surface area (Å²) in [6.07, 6.45) is 0.685. The van der Waals surface area contributed by atoms with Gasteiger partial charge in [0.05, 0.1) is 0 Å². The minimum absolute atomic E-state index is 0. The molecular formula is C6H10ClN3O2. The number of halogens is 1. The van der Waals surface area contributed by atoms with E-state index in [2.05, 4.69) is 16.0 Å². The van der Waals surface area contributed by atoms with Crippen molar-refractivity contribution < 1.29 is 9.59 Å². The number of hydrogen-bond donors (Lipinski definition) is 3.